The second-order valence-corrected chi connectivity index (χ2v) is 5.05. The molecule has 1 unspecified atom stereocenters. The third-order valence-corrected chi connectivity index (χ3v) is 3.32. The quantitative estimate of drug-likeness (QED) is 0.853. The number of aliphatic hydroxyl groups is 1. The van der Waals surface area contributed by atoms with Gasteiger partial charge in [0.1, 0.15) is 5.60 Å². The summed E-state index contributed by atoms with van der Waals surface area (Å²) in [5, 5.41) is 12.6. The molecular formula is C14H17F2NO3. The van der Waals surface area contributed by atoms with Crippen molar-refractivity contribution in [3.05, 3.63) is 35.4 Å². The molecule has 1 aromatic rings. The van der Waals surface area contributed by atoms with Gasteiger partial charge in [0.05, 0.1) is 6.61 Å². The number of ether oxygens (including phenoxy) is 1. The number of rotatable bonds is 5. The molecule has 2 N–H and O–H groups in total. The molecule has 1 aromatic carbocycles. The molecular weight excluding hydrogens is 268 g/mol. The molecule has 1 fully saturated rings. The Morgan fingerprint density at radius 2 is 2.20 bits per heavy atom. The van der Waals surface area contributed by atoms with Crippen molar-refractivity contribution in [2.45, 2.75) is 24.9 Å². The lowest BCUT2D eigenvalue weighted by molar-refractivity contribution is -0.122. The lowest BCUT2D eigenvalue weighted by Crippen LogP contribution is -2.43. The highest BCUT2D eigenvalue weighted by Gasteiger charge is 2.32. The largest absolute Gasteiger partial charge is 0.386 e. The number of carbonyl (C=O) groups is 1. The maximum absolute atomic E-state index is 13.0. The molecule has 1 atom stereocenters. The van der Waals surface area contributed by atoms with E-state index in [2.05, 4.69) is 5.32 Å². The van der Waals surface area contributed by atoms with Gasteiger partial charge in [0.15, 0.2) is 11.6 Å². The highest BCUT2D eigenvalue weighted by atomic mass is 19.2. The van der Waals surface area contributed by atoms with Crippen LogP contribution >= 0.6 is 0 Å². The van der Waals surface area contributed by atoms with E-state index in [-0.39, 0.29) is 25.5 Å². The van der Waals surface area contributed by atoms with Crippen molar-refractivity contribution < 1.29 is 23.4 Å². The minimum Gasteiger partial charge on any atom is -0.386 e. The molecule has 1 amide bonds. The number of halogens is 2. The number of amides is 1. The standard InChI is InChI=1S/C14H17F2NO3/c15-11-3-1-10(7-12(11)16)2-4-13(18)17-8-14(19)5-6-20-9-14/h1,3,7,19H,2,4-6,8-9H2,(H,17,18). The summed E-state index contributed by atoms with van der Waals surface area (Å²) in [7, 11) is 0. The molecule has 2 rings (SSSR count). The van der Waals surface area contributed by atoms with Crippen LogP contribution in [-0.2, 0) is 16.0 Å². The molecule has 1 saturated heterocycles. The van der Waals surface area contributed by atoms with Gasteiger partial charge in [-0.1, -0.05) is 6.07 Å². The van der Waals surface area contributed by atoms with E-state index in [0.717, 1.165) is 12.1 Å². The van der Waals surface area contributed by atoms with Crippen molar-refractivity contribution in [3.63, 3.8) is 0 Å². The van der Waals surface area contributed by atoms with E-state index in [0.29, 0.717) is 25.0 Å². The van der Waals surface area contributed by atoms with Gasteiger partial charge in [0.2, 0.25) is 5.91 Å². The van der Waals surface area contributed by atoms with Gasteiger partial charge in [0, 0.05) is 26.0 Å². The number of hydrogen-bond donors (Lipinski definition) is 2. The Morgan fingerprint density at radius 1 is 1.40 bits per heavy atom. The monoisotopic (exact) mass is 285 g/mol. The molecule has 0 bridgehead atoms. The molecule has 1 heterocycles. The van der Waals surface area contributed by atoms with E-state index in [4.69, 9.17) is 4.74 Å². The van der Waals surface area contributed by atoms with Gasteiger partial charge in [-0.15, -0.1) is 0 Å². The van der Waals surface area contributed by atoms with Crippen molar-refractivity contribution in [1.29, 1.82) is 0 Å². The summed E-state index contributed by atoms with van der Waals surface area (Å²) >= 11 is 0. The lowest BCUT2D eigenvalue weighted by atomic mass is 10.0. The van der Waals surface area contributed by atoms with E-state index in [1.54, 1.807) is 0 Å². The smallest absolute Gasteiger partial charge is 0.220 e. The molecule has 0 spiro atoms. The van der Waals surface area contributed by atoms with Gasteiger partial charge in [-0.2, -0.15) is 0 Å². The van der Waals surface area contributed by atoms with Gasteiger partial charge in [0.25, 0.3) is 0 Å². The van der Waals surface area contributed by atoms with Crippen LogP contribution in [0.15, 0.2) is 18.2 Å². The van der Waals surface area contributed by atoms with Crippen molar-refractivity contribution >= 4 is 5.91 Å². The molecule has 6 heteroatoms. The molecule has 4 nitrogen and oxygen atoms in total. The third-order valence-electron chi connectivity index (χ3n) is 3.32. The molecule has 110 valence electrons. The van der Waals surface area contributed by atoms with Crippen molar-refractivity contribution in [2.24, 2.45) is 0 Å². The zero-order valence-corrected chi connectivity index (χ0v) is 11.0. The van der Waals surface area contributed by atoms with Crippen LogP contribution in [0.4, 0.5) is 8.78 Å². The minimum absolute atomic E-state index is 0.142. The van der Waals surface area contributed by atoms with Crippen LogP contribution in [-0.4, -0.2) is 36.4 Å². The highest BCUT2D eigenvalue weighted by Crippen LogP contribution is 2.17. The van der Waals surface area contributed by atoms with Gasteiger partial charge in [-0.05, 0) is 24.1 Å². The normalized spacial score (nSPS) is 21.9. The summed E-state index contributed by atoms with van der Waals surface area (Å²) < 4.78 is 30.8. The van der Waals surface area contributed by atoms with E-state index in [9.17, 15) is 18.7 Å². The van der Waals surface area contributed by atoms with Gasteiger partial charge < -0.3 is 15.2 Å². The van der Waals surface area contributed by atoms with E-state index >= 15 is 0 Å². The Morgan fingerprint density at radius 3 is 2.85 bits per heavy atom. The van der Waals surface area contributed by atoms with Crippen molar-refractivity contribution in [2.75, 3.05) is 19.8 Å². The average molecular weight is 285 g/mol. The Labute approximate surface area is 115 Å². The lowest BCUT2D eigenvalue weighted by Gasteiger charge is -2.20. The zero-order chi connectivity index (χ0) is 14.6. The Balaban J connectivity index is 1.76. The summed E-state index contributed by atoms with van der Waals surface area (Å²) in [6, 6.07) is 3.58. The number of carbonyl (C=O) groups excluding carboxylic acids is 1. The van der Waals surface area contributed by atoms with E-state index < -0.39 is 17.2 Å². The fourth-order valence-corrected chi connectivity index (χ4v) is 2.04. The molecule has 0 aromatic heterocycles. The molecule has 0 saturated carbocycles. The topological polar surface area (TPSA) is 58.6 Å². The van der Waals surface area contributed by atoms with Crippen LogP contribution in [0.2, 0.25) is 0 Å². The summed E-state index contributed by atoms with van der Waals surface area (Å²) in [6.45, 7) is 0.849. The van der Waals surface area contributed by atoms with Crippen LogP contribution in [0, 0.1) is 11.6 Å². The molecule has 0 radical (unpaired) electrons. The third kappa shape index (κ3) is 3.98. The summed E-state index contributed by atoms with van der Waals surface area (Å²) in [5.74, 6) is -2.06. The van der Waals surface area contributed by atoms with E-state index in [1.807, 2.05) is 0 Å². The van der Waals surface area contributed by atoms with Crippen LogP contribution in [0.5, 0.6) is 0 Å². The first-order chi connectivity index (χ1) is 9.48. The zero-order valence-electron chi connectivity index (χ0n) is 11.0. The van der Waals surface area contributed by atoms with Crippen LogP contribution in [0.25, 0.3) is 0 Å². The Bertz CT molecular complexity index is 487. The average Bonchev–Trinajstić information content (AvgIpc) is 2.85. The van der Waals surface area contributed by atoms with Crippen LogP contribution < -0.4 is 5.32 Å². The highest BCUT2D eigenvalue weighted by molar-refractivity contribution is 5.76. The summed E-state index contributed by atoms with van der Waals surface area (Å²) in [5.41, 5.74) is -0.431. The maximum Gasteiger partial charge on any atom is 0.220 e. The first kappa shape index (κ1) is 14.9. The number of benzene rings is 1. The Hall–Kier alpha value is -1.53. The molecule has 20 heavy (non-hydrogen) atoms. The molecule has 1 aliphatic rings. The van der Waals surface area contributed by atoms with Crippen molar-refractivity contribution in [3.8, 4) is 0 Å². The number of aryl methyl sites for hydroxylation is 1. The van der Waals surface area contributed by atoms with Gasteiger partial charge >= 0.3 is 0 Å². The summed E-state index contributed by atoms with van der Waals surface area (Å²) in [6.07, 6.45) is 0.969. The fraction of sp³-hybridized carbons (Fsp3) is 0.500. The van der Waals surface area contributed by atoms with Crippen LogP contribution in [0.3, 0.4) is 0 Å². The molecule has 0 aliphatic carbocycles. The maximum atomic E-state index is 13.0. The van der Waals surface area contributed by atoms with Gasteiger partial charge in [-0.25, -0.2) is 8.78 Å². The molecule has 1 aliphatic heterocycles. The van der Waals surface area contributed by atoms with Crippen LogP contribution in [0.1, 0.15) is 18.4 Å². The second-order valence-electron chi connectivity index (χ2n) is 5.05. The SMILES string of the molecule is O=C(CCc1ccc(F)c(F)c1)NCC1(O)CCOC1. The van der Waals surface area contributed by atoms with Gasteiger partial charge in [-0.3, -0.25) is 4.79 Å². The minimum atomic E-state index is -0.988. The summed E-state index contributed by atoms with van der Waals surface area (Å²) in [4.78, 5) is 11.6. The Kier molecular flexibility index (Phi) is 4.67. The number of hydrogen-bond acceptors (Lipinski definition) is 3. The number of nitrogens with one attached hydrogen (secondary N) is 1. The van der Waals surface area contributed by atoms with Crippen molar-refractivity contribution in [1.82, 2.24) is 5.32 Å². The first-order valence-electron chi connectivity index (χ1n) is 6.49. The van der Waals surface area contributed by atoms with E-state index in [1.165, 1.54) is 6.07 Å². The second kappa shape index (κ2) is 6.28. The predicted octanol–water partition coefficient (Wildman–Crippen LogP) is 1.17. The first-order valence-corrected chi connectivity index (χ1v) is 6.49. The predicted molar refractivity (Wildman–Crippen MR) is 68.1 cm³/mol. The fourth-order valence-electron chi connectivity index (χ4n) is 2.04.